The minimum Gasteiger partial charge on any atom is -0.454 e. The smallest absolute Gasteiger partial charge is 0.231 e. The van der Waals surface area contributed by atoms with E-state index in [0.29, 0.717) is 29.5 Å². The number of carbonyl (C=O) groups excluding carboxylic acids is 2. The van der Waals surface area contributed by atoms with Crippen LogP contribution in [0.5, 0.6) is 11.5 Å². The second kappa shape index (κ2) is 6.08. The monoisotopic (exact) mass is 339 g/mol. The van der Waals surface area contributed by atoms with E-state index in [1.807, 2.05) is 19.1 Å². The summed E-state index contributed by atoms with van der Waals surface area (Å²) in [7, 11) is 0. The normalized spacial score (nSPS) is 18.5. The highest BCUT2D eigenvalue weighted by Crippen LogP contribution is 2.37. The summed E-state index contributed by atoms with van der Waals surface area (Å²) < 4.78 is 10.6. The van der Waals surface area contributed by atoms with Crippen molar-refractivity contribution in [3.63, 3.8) is 0 Å². The molecule has 1 saturated heterocycles. The molecule has 0 bridgehead atoms. The van der Waals surface area contributed by atoms with Crippen LogP contribution >= 0.6 is 0 Å². The van der Waals surface area contributed by atoms with Crippen molar-refractivity contribution in [1.29, 1.82) is 0 Å². The fourth-order valence-corrected chi connectivity index (χ4v) is 3.02. The number of rotatable bonds is 3. The van der Waals surface area contributed by atoms with Gasteiger partial charge in [0.2, 0.25) is 18.6 Å². The Morgan fingerprint density at radius 1 is 1.28 bits per heavy atom. The molecule has 2 aromatic rings. The third-order valence-corrected chi connectivity index (χ3v) is 4.41. The average Bonchev–Trinajstić information content (AvgIpc) is 3.22. The lowest BCUT2D eigenvalue weighted by Crippen LogP contribution is -2.28. The van der Waals surface area contributed by atoms with E-state index in [4.69, 9.17) is 9.47 Å². The average molecular weight is 339 g/mol. The number of nitrogens with zero attached hydrogens (tertiary/aromatic N) is 2. The predicted octanol–water partition coefficient (Wildman–Crippen LogP) is 2.11. The fourth-order valence-electron chi connectivity index (χ4n) is 3.02. The van der Waals surface area contributed by atoms with Gasteiger partial charge in [0, 0.05) is 30.9 Å². The Bertz CT molecular complexity index is 852. The first kappa shape index (κ1) is 15.4. The van der Waals surface area contributed by atoms with Crippen LogP contribution < -0.4 is 19.7 Å². The minimum absolute atomic E-state index is 0.0863. The third-order valence-electron chi connectivity index (χ3n) is 4.41. The highest BCUT2D eigenvalue weighted by molar-refractivity contribution is 6.03. The zero-order chi connectivity index (χ0) is 17.4. The molecule has 7 nitrogen and oxygen atoms in total. The molecular weight excluding hydrogens is 322 g/mol. The predicted molar refractivity (Wildman–Crippen MR) is 90.6 cm³/mol. The Balaban J connectivity index is 1.48. The molecule has 128 valence electrons. The number of carbonyl (C=O) groups is 2. The van der Waals surface area contributed by atoms with Crippen LogP contribution in [-0.4, -0.2) is 30.1 Å². The van der Waals surface area contributed by atoms with Gasteiger partial charge in [0.05, 0.1) is 5.92 Å². The van der Waals surface area contributed by atoms with Gasteiger partial charge in [0.15, 0.2) is 11.5 Å². The molecule has 0 aliphatic carbocycles. The summed E-state index contributed by atoms with van der Waals surface area (Å²) in [5.74, 6) is 1.11. The molecular formula is C18H17N3O4. The van der Waals surface area contributed by atoms with Gasteiger partial charge in [0.1, 0.15) is 5.82 Å². The van der Waals surface area contributed by atoms with E-state index < -0.39 is 5.92 Å². The zero-order valence-corrected chi connectivity index (χ0v) is 13.7. The van der Waals surface area contributed by atoms with Crippen molar-refractivity contribution in [1.82, 2.24) is 4.98 Å². The molecule has 2 aliphatic rings. The molecule has 1 atom stereocenters. The molecule has 1 aromatic carbocycles. The molecule has 25 heavy (non-hydrogen) atoms. The van der Waals surface area contributed by atoms with E-state index in [-0.39, 0.29) is 25.0 Å². The number of fused-ring (bicyclic) bond motifs is 1. The quantitative estimate of drug-likeness (QED) is 0.926. The molecule has 1 aromatic heterocycles. The third kappa shape index (κ3) is 2.88. The number of amides is 2. The standard InChI is InChI=1S/C18H17N3O4/c1-11-3-2-6-19-17(11)20-18(23)12-7-16(22)21(9-12)13-4-5-14-15(8-13)25-10-24-14/h2-6,8,12H,7,9-10H2,1H3,(H,19,20,23)/t12-/m0/s1. The summed E-state index contributed by atoms with van der Waals surface area (Å²) in [5, 5.41) is 2.81. The van der Waals surface area contributed by atoms with Crippen molar-refractivity contribution in [3.8, 4) is 11.5 Å². The van der Waals surface area contributed by atoms with Gasteiger partial charge in [-0.05, 0) is 30.7 Å². The van der Waals surface area contributed by atoms with E-state index in [2.05, 4.69) is 10.3 Å². The first-order valence-electron chi connectivity index (χ1n) is 8.04. The van der Waals surface area contributed by atoms with Gasteiger partial charge in [-0.25, -0.2) is 4.98 Å². The molecule has 0 spiro atoms. The van der Waals surface area contributed by atoms with Gasteiger partial charge in [-0.2, -0.15) is 0 Å². The lowest BCUT2D eigenvalue weighted by Gasteiger charge is -2.17. The van der Waals surface area contributed by atoms with Crippen LogP contribution in [0.1, 0.15) is 12.0 Å². The molecule has 2 amide bonds. The van der Waals surface area contributed by atoms with E-state index in [1.165, 1.54) is 0 Å². The van der Waals surface area contributed by atoms with Gasteiger partial charge in [0.25, 0.3) is 0 Å². The van der Waals surface area contributed by atoms with Crippen LogP contribution in [0, 0.1) is 12.8 Å². The zero-order valence-electron chi connectivity index (χ0n) is 13.7. The Morgan fingerprint density at radius 2 is 2.12 bits per heavy atom. The van der Waals surface area contributed by atoms with Crippen molar-refractivity contribution in [2.45, 2.75) is 13.3 Å². The Kier molecular flexibility index (Phi) is 3.76. The molecule has 1 fully saturated rings. The van der Waals surface area contributed by atoms with Crippen LogP contribution in [-0.2, 0) is 9.59 Å². The van der Waals surface area contributed by atoms with Crippen LogP contribution in [0.25, 0.3) is 0 Å². The number of aryl methyl sites for hydroxylation is 1. The number of pyridine rings is 1. The first-order valence-corrected chi connectivity index (χ1v) is 8.04. The van der Waals surface area contributed by atoms with Crippen LogP contribution in [0.4, 0.5) is 11.5 Å². The molecule has 7 heteroatoms. The Labute approximate surface area is 144 Å². The van der Waals surface area contributed by atoms with Crippen molar-refractivity contribution in [3.05, 3.63) is 42.1 Å². The molecule has 4 rings (SSSR count). The number of benzene rings is 1. The Morgan fingerprint density at radius 3 is 2.96 bits per heavy atom. The minimum atomic E-state index is -0.417. The van der Waals surface area contributed by atoms with Crippen LogP contribution in [0.2, 0.25) is 0 Å². The van der Waals surface area contributed by atoms with Gasteiger partial charge in [-0.15, -0.1) is 0 Å². The summed E-state index contributed by atoms with van der Waals surface area (Å²) in [4.78, 5) is 30.6. The van der Waals surface area contributed by atoms with Crippen molar-refractivity contribution in [2.24, 2.45) is 5.92 Å². The lowest BCUT2D eigenvalue weighted by atomic mass is 10.1. The topological polar surface area (TPSA) is 80.8 Å². The summed E-state index contributed by atoms with van der Waals surface area (Å²) in [6, 6.07) is 9.03. The maximum absolute atomic E-state index is 12.5. The molecule has 0 radical (unpaired) electrons. The largest absolute Gasteiger partial charge is 0.454 e. The number of ether oxygens (including phenoxy) is 2. The molecule has 3 heterocycles. The number of nitrogens with one attached hydrogen (secondary N) is 1. The molecule has 0 saturated carbocycles. The van der Waals surface area contributed by atoms with Crippen molar-refractivity contribution < 1.29 is 19.1 Å². The van der Waals surface area contributed by atoms with E-state index in [9.17, 15) is 9.59 Å². The molecule has 1 N–H and O–H groups in total. The maximum atomic E-state index is 12.5. The SMILES string of the molecule is Cc1cccnc1NC(=O)[C@H]1CC(=O)N(c2ccc3c(c2)OCO3)C1. The lowest BCUT2D eigenvalue weighted by molar-refractivity contribution is -0.122. The summed E-state index contributed by atoms with van der Waals surface area (Å²) in [6.07, 6.45) is 1.80. The van der Waals surface area contributed by atoms with Crippen molar-refractivity contribution >= 4 is 23.3 Å². The summed E-state index contributed by atoms with van der Waals surface area (Å²) in [6.45, 7) is 2.39. The van der Waals surface area contributed by atoms with Gasteiger partial charge < -0.3 is 19.7 Å². The van der Waals surface area contributed by atoms with Gasteiger partial charge >= 0.3 is 0 Å². The van der Waals surface area contributed by atoms with E-state index >= 15 is 0 Å². The Hall–Kier alpha value is -3.09. The van der Waals surface area contributed by atoms with Crippen LogP contribution in [0.15, 0.2) is 36.5 Å². The highest BCUT2D eigenvalue weighted by atomic mass is 16.7. The first-order chi connectivity index (χ1) is 12.1. The van der Waals surface area contributed by atoms with Crippen LogP contribution in [0.3, 0.4) is 0 Å². The number of anilines is 2. The van der Waals surface area contributed by atoms with Gasteiger partial charge in [-0.1, -0.05) is 6.07 Å². The number of hydrogen-bond acceptors (Lipinski definition) is 5. The number of hydrogen-bond donors (Lipinski definition) is 1. The summed E-state index contributed by atoms with van der Waals surface area (Å²) >= 11 is 0. The number of aromatic nitrogens is 1. The fraction of sp³-hybridized carbons (Fsp3) is 0.278. The maximum Gasteiger partial charge on any atom is 0.231 e. The molecule has 2 aliphatic heterocycles. The molecule has 0 unspecified atom stereocenters. The van der Waals surface area contributed by atoms with E-state index in [0.717, 1.165) is 5.56 Å². The summed E-state index contributed by atoms with van der Waals surface area (Å²) in [5.41, 5.74) is 1.59. The second-order valence-corrected chi connectivity index (χ2v) is 6.10. The van der Waals surface area contributed by atoms with E-state index in [1.54, 1.807) is 29.3 Å². The highest BCUT2D eigenvalue weighted by Gasteiger charge is 2.36. The second-order valence-electron chi connectivity index (χ2n) is 6.10. The van der Waals surface area contributed by atoms with Gasteiger partial charge in [-0.3, -0.25) is 9.59 Å². The van der Waals surface area contributed by atoms with Crippen molar-refractivity contribution in [2.75, 3.05) is 23.6 Å².